The Morgan fingerprint density at radius 2 is 1.96 bits per heavy atom. The molecule has 2 rings (SSSR count). The second-order valence-corrected chi connectivity index (χ2v) is 7.43. The van der Waals surface area contributed by atoms with Crippen molar-refractivity contribution in [2.24, 2.45) is 0 Å². The molecule has 0 unspecified atom stereocenters. The van der Waals surface area contributed by atoms with Gasteiger partial charge in [0.15, 0.2) is 10.8 Å². The van der Waals surface area contributed by atoms with Crippen LogP contribution >= 0.6 is 23.2 Å². The third-order valence-corrected chi connectivity index (χ3v) is 4.18. The summed E-state index contributed by atoms with van der Waals surface area (Å²) in [4.78, 5) is 12.3. The number of halogens is 3. The SMILES string of the molecule is CC(C)(C)n1ncc(OCc2ccc(OCCCF)cc2Cl)c(Cl)c1=O. The average molecular weight is 403 g/mol. The largest absolute Gasteiger partial charge is 0.493 e. The van der Waals surface area contributed by atoms with Crippen LogP contribution in [0.15, 0.2) is 29.2 Å². The van der Waals surface area contributed by atoms with E-state index in [-0.39, 0.29) is 24.0 Å². The Morgan fingerprint density at radius 3 is 2.58 bits per heavy atom. The van der Waals surface area contributed by atoms with Crippen molar-refractivity contribution < 1.29 is 13.9 Å². The van der Waals surface area contributed by atoms with Gasteiger partial charge in [0.25, 0.3) is 5.56 Å². The van der Waals surface area contributed by atoms with Crippen LogP contribution < -0.4 is 15.0 Å². The number of aromatic nitrogens is 2. The summed E-state index contributed by atoms with van der Waals surface area (Å²) >= 11 is 12.3. The molecule has 2 aromatic rings. The molecule has 1 heterocycles. The Bertz CT molecular complexity index is 819. The van der Waals surface area contributed by atoms with E-state index < -0.39 is 17.8 Å². The molecule has 0 aliphatic carbocycles. The molecule has 142 valence electrons. The number of alkyl halides is 1. The van der Waals surface area contributed by atoms with Gasteiger partial charge in [-0.05, 0) is 32.9 Å². The molecule has 0 amide bonds. The minimum Gasteiger partial charge on any atom is -0.493 e. The summed E-state index contributed by atoms with van der Waals surface area (Å²) in [5, 5.41) is 4.52. The lowest BCUT2D eigenvalue weighted by atomic mass is 10.1. The molecular weight excluding hydrogens is 382 g/mol. The van der Waals surface area contributed by atoms with E-state index in [0.29, 0.717) is 22.8 Å². The van der Waals surface area contributed by atoms with Gasteiger partial charge in [-0.15, -0.1) is 0 Å². The van der Waals surface area contributed by atoms with Crippen molar-refractivity contribution in [1.82, 2.24) is 9.78 Å². The first-order valence-electron chi connectivity index (χ1n) is 8.12. The molecule has 0 atom stereocenters. The van der Waals surface area contributed by atoms with Gasteiger partial charge < -0.3 is 9.47 Å². The van der Waals surface area contributed by atoms with Gasteiger partial charge in [-0.2, -0.15) is 5.10 Å². The summed E-state index contributed by atoms with van der Waals surface area (Å²) in [6.45, 7) is 5.54. The zero-order valence-electron chi connectivity index (χ0n) is 14.9. The van der Waals surface area contributed by atoms with Gasteiger partial charge in [0.05, 0.1) is 30.0 Å². The Kier molecular flexibility index (Phi) is 6.89. The van der Waals surface area contributed by atoms with Crippen LogP contribution in [0.1, 0.15) is 32.8 Å². The maximum atomic E-state index is 12.3. The van der Waals surface area contributed by atoms with E-state index in [9.17, 15) is 9.18 Å². The van der Waals surface area contributed by atoms with Gasteiger partial charge in [0.1, 0.15) is 12.4 Å². The van der Waals surface area contributed by atoms with Crippen LogP contribution in [-0.4, -0.2) is 23.1 Å². The molecule has 0 spiro atoms. The van der Waals surface area contributed by atoms with E-state index >= 15 is 0 Å². The van der Waals surface area contributed by atoms with Crippen molar-refractivity contribution in [2.75, 3.05) is 13.3 Å². The van der Waals surface area contributed by atoms with Gasteiger partial charge >= 0.3 is 0 Å². The average Bonchev–Trinajstić information content (AvgIpc) is 2.56. The first kappa shape index (κ1) is 20.5. The fraction of sp³-hybridized carbons (Fsp3) is 0.444. The van der Waals surface area contributed by atoms with Crippen molar-refractivity contribution in [3.05, 3.63) is 50.4 Å². The number of hydrogen-bond acceptors (Lipinski definition) is 4. The van der Waals surface area contributed by atoms with Crippen LogP contribution in [0.25, 0.3) is 0 Å². The lowest BCUT2D eigenvalue weighted by Crippen LogP contribution is -2.36. The minimum absolute atomic E-state index is 0.0303. The van der Waals surface area contributed by atoms with Crippen molar-refractivity contribution in [3.63, 3.8) is 0 Å². The quantitative estimate of drug-likeness (QED) is 0.633. The number of benzene rings is 1. The molecular formula is C18H21Cl2FN2O3. The molecule has 26 heavy (non-hydrogen) atoms. The van der Waals surface area contributed by atoms with Crippen molar-refractivity contribution in [3.8, 4) is 11.5 Å². The summed E-state index contributed by atoms with van der Waals surface area (Å²) in [6, 6.07) is 5.10. The maximum Gasteiger partial charge on any atom is 0.289 e. The Hall–Kier alpha value is -1.79. The number of hydrogen-bond donors (Lipinski definition) is 0. The normalized spacial score (nSPS) is 11.5. The van der Waals surface area contributed by atoms with E-state index in [1.807, 2.05) is 20.8 Å². The predicted molar refractivity (Wildman–Crippen MR) is 100 cm³/mol. The molecule has 5 nitrogen and oxygen atoms in total. The standard InChI is InChI=1S/C18H21Cl2FN2O3/c1-18(2,3)23-17(24)16(20)15(10-22-23)26-11-12-5-6-13(9-14(12)19)25-8-4-7-21/h5-6,9-10H,4,7-8,11H2,1-3H3. The summed E-state index contributed by atoms with van der Waals surface area (Å²) in [5.41, 5.74) is -0.208. The van der Waals surface area contributed by atoms with Crippen molar-refractivity contribution in [1.29, 1.82) is 0 Å². The van der Waals surface area contributed by atoms with Crippen LogP contribution in [0.5, 0.6) is 11.5 Å². The smallest absolute Gasteiger partial charge is 0.289 e. The second-order valence-electron chi connectivity index (χ2n) is 6.64. The maximum absolute atomic E-state index is 12.3. The molecule has 1 aromatic carbocycles. The van der Waals surface area contributed by atoms with Crippen LogP contribution in [0, 0.1) is 0 Å². The molecule has 0 aliphatic heterocycles. The van der Waals surface area contributed by atoms with Gasteiger partial charge in [-0.25, -0.2) is 4.68 Å². The van der Waals surface area contributed by atoms with E-state index in [1.165, 1.54) is 10.9 Å². The van der Waals surface area contributed by atoms with Gasteiger partial charge in [-0.3, -0.25) is 9.18 Å². The molecule has 0 saturated carbocycles. The van der Waals surface area contributed by atoms with Crippen LogP contribution in [0.2, 0.25) is 10.0 Å². The van der Waals surface area contributed by atoms with E-state index in [0.717, 1.165) is 0 Å². The van der Waals surface area contributed by atoms with Crippen LogP contribution in [-0.2, 0) is 12.1 Å². The highest BCUT2D eigenvalue weighted by atomic mass is 35.5. The zero-order chi connectivity index (χ0) is 19.3. The first-order valence-corrected chi connectivity index (χ1v) is 8.88. The fourth-order valence-corrected chi connectivity index (χ4v) is 2.54. The number of rotatable bonds is 7. The van der Waals surface area contributed by atoms with E-state index in [2.05, 4.69) is 5.10 Å². The molecule has 8 heteroatoms. The second kappa shape index (κ2) is 8.73. The minimum atomic E-state index is -0.486. The summed E-state index contributed by atoms with van der Waals surface area (Å²) < 4.78 is 24.4. The molecule has 0 bridgehead atoms. The molecule has 0 aliphatic rings. The van der Waals surface area contributed by atoms with E-state index in [4.69, 9.17) is 32.7 Å². The highest BCUT2D eigenvalue weighted by molar-refractivity contribution is 6.32. The lowest BCUT2D eigenvalue weighted by molar-refractivity contribution is 0.287. The molecule has 0 saturated heterocycles. The van der Waals surface area contributed by atoms with E-state index in [1.54, 1.807) is 18.2 Å². The summed E-state index contributed by atoms with van der Waals surface area (Å²) in [5.74, 6) is 0.746. The Morgan fingerprint density at radius 1 is 1.23 bits per heavy atom. The third kappa shape index (κ3) is 5.11. The Balaban J connectivity index is 2.09. The van der Waals surface area contributed by atoms with Crippen molar-refractivity contribution >= 4 is 23.2 Å². The Labute approximate surface area is 161 Å². The monoisotopic (exact) mass is 402 g/mol. The molecule has 0 fully saturated rings. The third-order valence-electron chi connectivity index (χ3n) is 3.48. The fourth-order valence-electron chi connectivity index (χ4n) is 2.13. The zero-order valence-corrected chi connectivity index (χ0v) is 16.4. The van der Waals surface area contributed by atoms with Gasteiger partial charge in [0, 0.05) is 12.0 Å². The molecule has 0 radical (unpaired) electrons. The molecule has 0 N–H and O–H groups in total. The molecule has 1 aromatic heterocycles. The highest BCUT2D eigenvalue weighted by Crippen LogP contribution is 2.26. The summed E-state index contributed by atoms with van der Waals surface area (Å²) in [6.07, 6.45) is 1.74. The topological polar surface area (TPSA) is 53.4 Å². The van der Waals surface area contributed by atoms with Crippen LogP contribution in [0.4, 0.5) is 4.39 Å². The highest BCUT2D eigenvalue weighted by Gasteiger charge is 2.20. The van der Waals surface area contributed by atoms with Gasteiger partial charge in [0.2, 0.25) is 0 Å². The summed E-state index contributed by atoms with van der Waals surface area (Å²) in [7, 11) is 0. The number of ether oxygens (including phenoxy) is 2. The first-order chi connectivity index (χ1) is 12.2. The van der Waals surface area contributed by atoms with Crippen LogP contribution in [0.3, 0.4) is 0 Å². The predicted octanol–water partition coefficient (Wildman–Crippen LogP) is 4.62. The number of nitrogens with zero attached hydrogens (tertiary/aromatic N) is 2. The van der Waals surface area contributed by atoms with Gasteiger partial charge in [-0.1, -0.05) is 29.3 Å². The van der Waals surface area contributed by atoms with Crippen molar-refractivity contribution in [2.45, 2.75) is 39.3 Å². The lowest BCUT2D eigenvalue weighted by Gasteiger charge is -2.21.